The maximum absolute atomic E-state index is 12.6. The third kappa shape index (κ3) is 6.58. The topological polar surface area (TPSA) is 76.7 Å². The fourth-order valence-corrected chi connectivity index (χ4v) is 3.09. The summed E-state index contributed by atoms with van der Waals surface area (Å²) in [6.07, 6.45) is -0.0926. The van der Waals surface area contributed by atoms with Gasteiger partial charge in [0.15, 0.2) is 0 Å². The van der Waals surface area contributed by atoms with Gasteiger partial charge in [-0.05, 0) is 61.9 Å². The number of amides is 2. The quantitative estimate of drug-likeness (QED) is 0.470. The van der Waals surface area contributed by atoms with Crippen LogP contribution in [-0.2, 0) is 6.61 Å². The predicted octanol–water partition coefficient (Wildman–Crippen LogP) is 4.89. The first-order valence-corrected chi connectivity index (χ1v) is 10.6. The highest BCUT2D eigenvalue weighted by atomic mass is 79.9. The van der Waals surface area contributed by atoms with Crippen LogP contribution in [0.4, 0.5) is 0 Å². The molecular weight excluding hydrogens is 460 g/mol. The van der Waals surface area contributed by atoms with E-state index in [4.69, 9.17) is 9.47 Å². The number of benzene rings is 3. The minimum atomic E-state index is -0.479. The van der Waals surface area contributed by atoms with E-state index in [2.05, 4.69) is 26.8 Å². The zero-order valence-corrected chi connectivity index (χ0v) is 18.8. The Kier molecular flexibility index (Phi) is 7.67. The van der Waals surface area contributed by atoms with Crippen molar-refractivity contribution in [3.05, 3.63) is 94.0 Å². The van der Waals surface area contributed by atoms with Crippen molar-refractivity contribution in [1.82, 2.24) is 10.9 Å². The van der Waals surface area contributed by atoms with E-state index < -0.39 is 11.8 Å². The predicted molar refractivity (Wildman–Crippen MR) is 122 cm³/mol. The SMILES string of the molecule is CC(C)Oc1ccc(Br)cc1C(=O)NNC(=O)c1ccc(OCc2ccccc2)cc1. The number of hydrazine groups is 1. The third-order valence-corrected chi connectivity index (χ3v) is 4.70. The summed E-state index contributed by atoms with van der Waals surface area (Å²) >= 11 is 3.35. The van der Waals surface area contributed by atoms with Gasteiger partial charge in [-0.15, -0.1) is 0 Å². The van der Waals surface area contributed by atoms with Gasteiger partial charge in [0.2, 0.25) is 0 Å². The number of carbonyl (C=O) groups is 2. The molecule has 6 nitrogen and oxygen atoms in total. The average Bonchev–Trinajstić information content (AvgIpc) is 2.77. The van der Waals surface area contributed by atoms with Crippen molar-refractivity contribution in [3.63, 3.8) is 0 Å². The van der Waals surface area contributed by atoms with E-state index in [9.17, 15) is 9.59 Å². The maximum Gasteiger partial charge on any atom is 0.273 e. The van der Waals surface area contributed by atoms with Crippen LogP contribution in [0.3, 0.4) is 0 Å². The maximum atomic E-state index is 12.6. The van der Waals surface area contributed by atoms with Gasteiger partial charge in [0.05, 0.1) is 11.7 Å². The Bertz CT molecular complexity index is 1040. The highest BCUT2D eigenvalue weighted by Crippen LogP contribution is 2.24. The molecule has 0 bridgehead atoms. The second-order valence-electron chi connectivity index (χ2n) is 7.01. The Morgan fingerprint density at radius 3 is 2.26 bits per heavy atom. The molecule has 7 heteroatoms. The van der Waals surface area contributed by atoms with Crippen LogP contribution in [0, 0.1) is 0 Å². The summed E-state index contributed by atoms with van der Waals surface area (Å²) in [5, 5.41) is 0. The number of halogens is 1. The van der Waals surface area contributed by atoms with Gasteiger partial charge in [-0.25, -0.2) is 0 Å². The van der Waals surface area contributed by atoms with Gasteiger partial charge in [-0.1, -0.05) is 46.3 Å². The number of hydrogen-bond donors (Lipinski definition) is 2. The molecule has 0 unspecified atom stereocenters. The molecule has 31 heavy (non-hydrogen) atoms. The van der Waals surface area contributed by atoms with Crippen LogP contribution in [0.25, 0.3) is 0 Å². The minimum absolute atomic E-state index is 0.0926. The molecule has 0 saturated heterocycles. The zero-order chi connectivity index (χ0) is 22.2. The van der Waals surface area contributed by atoms with Crippen LogP contribution in [0.5, 0.6) is 11.5 Å². The first-order valence-electron chi connectivity index (χ1n) is 9.76. The van der Waals surface area contributed by atoms with Gasteiger partial charge < -0.3 is 9.47 Å². The Labute approximate surface area is 189 Å². The standard InChI is InChI=1S/C24H23BrN2O4/c1-16(2)31-22-13-10-19(25)14-21(22)24(29)27-26-23(28)18-8-11-20(12-9-18)30-15-17-6-4-3-5-7-17/h3-14,16H,15H2,1-2H3,(H,26,28)(H,27,29). The van der Waals surface area contributed by atoms with Gasteiger partial charge in [0.1, 0.15) is 18.1 Å². The van der Waals surface area contributed by atoms with Crippen molar-refractivity contribution in [2.75, 3.05) is 0 Å². The molecule has 0 radical (unpaired) electrons. The highest BCUT2D eigenvalue weighted by molar-refractivity contribution is 9.10. The summed E-state index contributed by atoms with van der Waals surface area (Å²) in [4.78, 5) is 25.0. The van der Waals surface area contributed by atoms with Crippen molar-refractivity contribution in [3.8, 4) is 11.5 Å². The smallest absolute Gasteiger partial charge is 0.273 e. The van der Waals surface area contributed by atoms with Crippen LogP contribution < -0.4 is 20.3 Å². The Hall–Kier alpha value is -3.32. The van der Waals surface area contributed by atoms with E-state index in [0.29, 0.717) is 29.2 Å². The number of ether oxygens (including phenoxy) is 2. The molecule has 160 valence electrons. The van der Waals surface area contributed by atoms with Gasteiger partial charge >= 0.3 is 0 Å². The fraction of sp³-hybridized carbons (Fsp3) is 0.167. The molecule has 0 aromatic heterocycles. The number of nitrogens with one attached hydrogen (secondary N) is 2. The molecule has 0 aliphatic heterocycles. The molecule has 0 aliphatic rings. The largest absolute Gasteiger partial charge is 0.490 e. The lowest BCUT2D eigenvalue weighted by Gasteiger charge is -2.15. The summed E-state index contributed by atoms with van der Waals surface area (Å²) in [5.74, 6) is 0.163. The molecule has 0 fully saturated rings. The number of hydrogen-bond acceptors (Lipinski definition) is 4. The first-order chi connectivity index (χ1) is 14.9. The Balaban J connectivity index is 1.57. The fourth-order valence-electron chi connectivity index (χ4n) is 2.73. The molecule has 3 aromatic carbocycles. The highest BCUT2D eigenvalue weighted by Gasteiger charge is 2.16. The third-order valence-electron chi connectivity index (χ3n) is 4.20. The normalized spacial score (nSPS) is 10.5. The molecule has 0 aliphatic carbocycles. The lowest BCUT2D eigenvalue weighted by Crippen LogP contribution is -2.41. The van der Waals surface area contributed by atoms with Gasteiger partial charge in [-0.3, -0.25) is 20.4 Å². The van der Waals surface area contributed by atoms with E-state index in [-0.39, 0.29) is 6.10 Å². The van der Waals surface area contributed by atoms with Crippen LogP contribution in [-0.4, -0.2) is 17.9 Å². The van der Waals surface area contributed by atoms with E-state index in [1.165, 1.54) is 0 Å². The van der Waals surface area contributed by atoms with Crippen molar-refractivity contribution in [1.29, 1.82) is 0 Å². The van der Waals surface area contributed by atoms with Crippen LogP contribution in [0.1, 0.15) is 40.1 Å². The molecule has 0 saturated carbocycles. The summed E-state index contributed by atoms with van der Waals surface area (Å²) in [6, 6.07) is 21.6. The van der Waals surface area contributed by atoms with Crippen LogP contribution >= 0.6 is 15.9 Å². The molecule has 2 amide bonds. The lowest BCUT2D eigenvalue weighted by atomic mass is 10.2. The van der Waals surface area contributed by atoms with Crippen molar-refractivity contribution in [2.45, 2.75) is 26.6 Å². The molecule has 0 heterocycles. The van der Waals surface area contributed by atoms with Crippen LogP contribution in [0.15, 0.2) is 77.3 Å². The molecule has 0 atom stereocenters. The monoisotopic (exact) mass is 482 g/mol. The Morgan fingerprint density at radius 2 is 1.58 bits per heavy atom. The number of carbonyl (C=O) groups excluding carboxylic acids is 2. The summed E-state index contributed by atoms with van der Waals surface area (Å²) in [5.41, 5.74) is 6.61. The van der Waals surface area contributed by atoms with Gasteiger partial charge in [0.25, 0.3) is 11.8 Å². The molecule has 0 spiro atoms. The Morgan fingerprint density at radius 1 is 0.903 bits per heavy atom. The molecule has 3 aromatic rings. The van der Waals surface area contributed by atoms with Crippen LogP contribution in [0.2, 0.25) is 0 Å². The molecular formula is C24H23BrN2O4. The minimum Gasteiger partial charge on any atom is -0.490 e. The van der Waals surface area contributed by atoms with E-state index in [1.807, 2.05) is 44.2 Å². The van der Waals surface area contributed by atoms with Crippen molar-refractivity contribution >= 4 is 27.7 Å². The molecule has 3 rings (SSSR count). The average molecular weight is 483 g/mol. The lowest BCUT2D eigenvalue weighted by molar-refractivity contribution is 0.0843. The van der Waals surface area contributed by atoms with E-state index >= 15 is 0 Å². The van der Waals surface area contributed by atoms with Gasteiger partial charge in [-0.2, -0.15) is 0 Å². The summed E-state index contributed by atoms with van der Waals surface area (Å²) < 4.78 is 12.1. The second-order valence-corrected chi connectivity index (χ2v) is 7.93. The van der Waals surface area contributed by atoms with Crippen molar-refractivity contribution < 1.29 is 19.1 Å². The second kappa shape index (κ2) is 10.6. The molecule has 2 N–H and O–H groups in total. The first kappa shape index (κ1) is 22.4. The van der Waals surface area contributed by atoms with Crippen molar-refractivity contribution in [2.24, 2.45) is 0 Å². The summed E-state index contributed by atoms with van der Waals surface area (Å²) in [7, 11) is 0. The number of rotatable bonds is 7. The zero-order valence-electron chi connectivity index (χ0n) is 17.2. The van der Waals surface area contributed by atoms with Gasteiger partial charge in [0, 0.05) is 10.0 Å². The summed E-state index contributed by atoms with van der Waals surface area (Å²) in [6.45, 7) is 4.19. The van der Waals surface area contributed by atoms with E-state index in [1.54, 1.807) is 42.5 Å². The van der Waals surface area contributed by atoms with E-state index in [0.717, 1.165) is 10.0 Å².